The van der Waals surface area contributed by atoms with E-state index >= 15 is 0 Å². The number of benzene rings is 1. The van der Waals surface area contributed by atoms with Crippen LogP contribution in [0.4, 0.5) is 16.0 Å². The van der Waals surface area contributed by atoms with Crippen LogP contribution in [-0.4, -0.2) is 41.3 Å². The average molecular weight is 342 g/mol. The van der Waals surface area contributed by atoms with E-state index in [9.17, 15) is 9.50 Å². The van der Waals surface area contributed by atoms with Crippen molar-refractivity contribution in [2.24, 2.45) is 5.92 Å². The van der Waals surface area contributed by atoms with Crippen molar-refractivity contribution in [1.82, 2.24) is 9.97 Å². The second-order valence-corrected chi connectivity index (χ2v) is 6.96. The third-order valence-corrected chi connectivity index (χ3v) is 5.24. The standard InChI is InChI=1S/C19H23FN4O/c20-17-4-3-16-11-24(7-5-15(16)8-17)19-9-18(21-13-22-19)23-6-1-2-14(10-23)12-25/h3-4,8-9,13-14,25H,1-2,5-7,10-12H2. The number of aliphatic hydroxyl groups is 1. The van der Waals surface area contributed by atoms with Gasteiger partial charge in [0, 0.05) is 38.9 Å². The molecule has 2 aliphatic rings. The van der Waals surface area contributed by atoms with E-state index in [1.807, 2.05) is 12.1 Å². The van der Waals surface area contributed by atoms with Crippen LogP contribution in [0.2, 0.25) is 0 Å². The van der Waals surface area contributed by atoms with Gasteiger partial charge in [-0.3, -0.25) is 0 Å². The fourth-order valence-electron chi connectivity index (χ4n) is 3.82. The first-order valence-electron chi connectivity index (χ1n) is 8.93. The molecule has 0 amide bonds. The number of nitrogens with zero attached hydrogens (tertiary/aromatic N) is 4. The molecule has 1 aromatic heterocycles. The molecule has 0 bridgehead atoms. The molecule has 25 heavy (non-hydrogen) atoms. The van der Waals surface area contributed by atoms with Gasteiger partial charge in [0.25, 0.3) is 0 Å². The molecule has 2 aliphatic heterocycles. The zero-order chi connectivity index (χ0) is 17.2. The molecule has 0 aliphatic carbocycles. The topological polar surface area (TPSA) is 52.5 Å². The quantitative estimate of drug-likeness (QED) is 0.928. The number of anilines is 2. The summed E-state index contributed by atoms with van der Waals surface area (Å²) in [6.07, 6.45) is 4.59. The lowest BCUT2D eigenvalue weighted by atomic mass is 9.99. The molecule has 1 N–H and O–H groups in total. The van der Waals surface area contributed by atoms with Crippen LogP contribution in [0.15, 0.2) is 30.6 Å². The van der Waals surface area contributed by atoms with Crippen molar-refractivity contribution >= 4 is 11.6 Å². The third kappa shape index (κ3) is 3.44. The van der Waals surface area contributed by atoms with Gasteiger partial charge in [-0.05, 0) is 48.4 Å². The monoisotopic (exact) mass is 342 g/mol. The molecule has 0 radical (unpaired) electrons. The Balaban J connectivity index is 1.53. The van der Waals surface area contributed by atoms with Gasteiger partial charge in [-0.25, -0.2) is 14.4 Å². The van der Waals surface area contributed by atoms with E-state index in [0.717, 1.165) is 68.2 Å². The molecule has 1 atom stereocenters. The lowest BCUT2D eigenvalue weighted by molar-refractivity contribution is 0.208. The van der Waals surface area contributed by atoms with Crippen LogP contribution in [0.3, 0.4) is 0 Å². The lowest BCUT2D eigenvalue weighted by Gasteiger charge is -2.34. The number of hydrogen-bond donors (Lipinski definition) is 1. The predicted octanol–water partition coefficient (Wildman–Crippen LogP) is 2.39. The number of rotatable bonds is 3. The van der Waals surface area contributed by atoms with E-state index in [1.54, 1.807) is 12.4 Å². The third-order valence-electron chi connectivity index (χ3n) is 5.24. The Bertz CT molecular complexity index is 754. The van der Waals surface area contributed by atoms with Gasteiger partial charge in [0.2, 0.25) is 0 Å². The minimum atomic E-state index is -0.167. The van der Waals surface area contributed by atoms with Gasteiger partial charge in [-0.2, -0.15) is 0 Å². The molecule has 3 heterocycles. The van der Waals surface area contributed by atoms with Crippen molar-refractivity contribution in [2.75, 3.05) is 36.0 Å². The maximum absolute atomic E-state index is 13.4. The second kappa shape index (κ2) is 6.96. The number of halogens is 1. The van der Waals surface area contributed by atoms with Gasteiger partial charge < -0.3 is 14.9 Å². The zero-order valence-corrected chi connectivity index (χ0v) is 14.2. The van der Waals surface area contributed by atoms with E-state index in [-0.39, 0.29) is 12.4 Å². The molecule has 4 rings (SSSR count). The van der Waals surface area contributed by atoms with Crippen molar-refractivity contribution in [3.05, 3.63) is 47.5 Å². The van der Waals surface area contributed by atoms with Gasteiger partial charge >= 0.3 is 0 Å². The van der Waals surface area contributed by atoms with Crippen LogP contribution in [0, 0.1) is 11.7 Å². The highest BCUT2D eigenvalue weighted by Gasteiger charge is 2.22. The minimum Gasteiger partial charge on any atom is -0.396 e. The molecule has 6 heteroatoms. The van der Waals surface area contributed by atoms with Crippen LogP contribution < -0.4 is 9.80 Å². The van der Waals surface area contributed by atoms with Crippen molar-refractivity contribution in [1.29, 1.82) is 0 Å². The van der Waals surface area contributed by atoms with E-state index in [1.165, 1.54) is 6.07 Å². The first-order chi connectivity index (χ1) is 12.2. The number of piperidine rings is 1. The van der Waals surface area contributed by atoms with Crippen LogP contribution in [0.5, 0.6) is 0 Å². The van der Waals surface area contributed by atoms with Crippen LogP contribution in [-0.2, 0) is 13.0 Å². The van der Waals surface area contributed by atoms with Crippen molar-refractivity contribution in [3.63, 3.8) is 0 Å². The zero-order valence-electron chi connectivity index (χ0n) is 14.2. The minimum absolute atomic E-state index is 0.167. The molecule has 0 saturated carbocycles. The van der Waals surface area contributed by atoms with Crippen molar-refractivity contribution < 1.29 is 9.50 Å². The molecule has 2 aromatic rings. The number of aliphatic hydroxyl groups excluding tert-OH is 1. The number of aromatic nitrogens is 2. The molecular weight excluding hydrogens is 319 g/mol. The normalized spacial score (nSPS) is 20.5. The lowest BCUT2D eigenvalue weighted by Crippen LogP contribution is -2.37. The highest BCUT2D eigenvalue weighted by Crippen LogP contribution is 2.27. The van der Waals surface area contributed by atoms with Gasteiger partial charge in [-0.1, -0.05) is 6.07 Å². The maximum atomic E-state index is 13.4. The Morgan fingerprint density at radius 1 is 1.08 bits per heavy atom. The first kappa shape index (κ1) is 16.3. The molecule has 1 unspecified atom stereocenters. The summed E-state index contributed by atoms with van der Waals surface area (Å²) in [6, 6.07) is 7.07. The van der Waals surface area contributed by atoms with Gasteiger partial charge in [0.05, 0.1) is 0 Å². The highest BCUT2D eigenvalue weighted by molar-refractivity contribution is 5.52. The molecule has 1 saturated heterocycles. The number of hydrogen-bond acceptors (Lipinski definition) is 5. The summed E-state index contributed by atoms with van der Waals surface area (Å²) in [5.41, 5.74) is 2.25. The largest absolute Gasteiger partial charge is 0.396 e. The van der Waals surface area contributed by atoms with Gasteiger partial charge in [0.1, 0.15) is 23.8 Å². The molecule has 1 aromatic carbocycles. The summed E-state index contributed by atoms with van der Waals surface area (Å²) in [4.78, 5) is 13.4. The smallest absolute Gasteiger partial charge is 0.134 e. The summed E-state index contributed by atoms with van der Waals surface area (Å²) in [5, 5.41) is 9.43. The number of fused-ring (bicyclic) bond motifs is 1. The van der Waals surface area contributed by atoms with E-state index in [4.69, 9.17) is 0 Å². The molecular formula is C19H23FN4O. The van der Waals surface area contributed by atoms with Crippen LogP contribution in [0.1, 0.15) is 24.0 Å². The summed E-state index contributed by atoms with van der Waals surface area (Å²) in [6.45, 7) is 3.61. The van der Waals surface area contributed by atoms with E-state index < -0.39 is 0 Å². The second-order valence-electron chi connectivity index (χ2n) is 6.96. The van der Waals surface area contributed by atoms with E-state index in [0.29, 0.717) is 5.92 Å². The molecule has 5 nitrogen and oxygen atoms in total. The Morgan fingerprint density at radius 2 is 1.92 bits per heavy atom. The highest BCUT2D eigenvalue weighted by atomic mass is 19.1. The van der Waals surface area contributed by atoms with E-state index in [2.05, 4.69) is 19.8 Å². The molecule has 0 spiro atoms. The van der Waals surface area contributed by atoms with Gasteiger partial charge in [0.15, 0.2) is 0 Å². The maximum Gasteiger partial charge on any atom is 0.134 e. The summed E-state index contributed by atoms with van der Waals surface area (Å²) in [5.74, 6) is 1.99. The van der Waals surface area contributed by atoms with Crippen LogP contribution >= 0.6 is 0 Å². The molecule has 1 fully saturated rings. The Labute approximate surface area is 147 Å². The fourth-order valence-corrected chi connectivity index (χ4v) is 3.82. The van der Waals surface area contributed by atoms with Crippen molar-refractivity contribution in [2.45, 2.75) is 25.8 Å². The SMILES string of the molecule is OCC1CCCN(c2cc(N3CCc4cc(F)ccc4C3)ncn2)C1. The Hall–Kier alpha value is -2.21. The summed E-state index contributed by atoms with van der Waals surface area (Å²) < 4.78 is 13.4. The van der Waals surface area contributed by atoms with Crippen LogP contribution in [0.25, 0.3) is 0 Å². The average Bonchev–Trinajstić information content (AvgIpc) is 2.67. The predicted molar refractivity (Wildman–Crippen MR) is 95.2 cm³/mol. The summed E-state index contributed by atoms with van der Waals surface area (Å²) >= 11 is 0. The Morgan fingerprint density at radius 3 is 2.76 bits per heavy atom. The molecule has 132 valence electrons. The Kier molecular flexibility index (Phi) is 4.53. The van der Waals surface area contributed by atoms with Gasteiger partial charge in [-0.15, -0.1) is 0 Å². The fraction of sp³-hybridized carbons (Fsp3) is 0.474. The summed E-state index contributed by atoms with van der Waals surface area (Å²) in [7, 11) is 0. The van der Waals surface area contributed by atoms with Crippen molar-refractivity contribution in [3.8, 4) is 0 Å². The first-order valence-corrected chi connectivity index (χ1v) is 8.93.